The molecule has 6 heteroatoms. The number of amides is 2. The Labute approximate surface area is 100.0 Å². The van der Waals surface area contributed by atoms with Crippen molar-refractivity contribution in [3.8, 4) is 0 Å². The minimum Gasteiger partial charge on any atom is -0.480 e. The Bertz CT molecular complexity index is 351. The minimum absolute atomic E-state index is 0.0548. The monoisotopic (exact) mass is 242 g/mol. The van der Waals surface area contributed by atoms with Gasteiger partial charge in [0.05, 0.1) is 5.92 Å². The highest BCUT2D eigenvalue weighted by Gasteiger charge is 2.37. The first kappa shape index (κ1) is 13.5. The van der Waals surface area contributed by atoms with Crippen LogP contribution in [0, 0.1) is 5.92 Å². The van der Waals surface area contributed by atoms with E-state index in [0.717, 1.165) is 0 Å². The van der Waals surface area contributed by atoms with Crippen LogP contribution in [0.4, 0.5) is 0 Å². The standard InChI is InChI=1S/C11H18N2O4/c1-4-13-6-7(5-8(13)14)9(15)12-11(2,3)10(16)17/h7H,4-6H2,1-3H3,(H,12,15)(H,16,17). The number of carboxylic acid groups (broad SMARTS) is 1. The average molecular weight is 242 g/mol. The third-order valence-electron chi connectivity index (χ3n) is 2.94. The van der Waals surface area contributed by atoms with E-state index in [-0.39, 0.29) is 18.2 Å². The maximum absolute atomic E-state index is 11.8. The Hall–Kier alpha value is -1.59. The molecule has 0 spiro atoms. The van der Waals surface area contributed by atoms with Gasteiger partial charge in [-0.1, -0.05) is 0 Å². The van der Waals surface area contributed by atoms with Gasteiger partial charge in [0.2, 0.25) is 11.8 Å². The lowest BCUT2D eigenvalue weighted by Crippen LogP contribution is -2.51. The van der Waals surface area contributed by atoms with Gasteiger partial charge >= 0.3 is 5.97 Å². The van der Waals surface area contributed by atoms with Crippen molar-refractivity contribution in [1.29, 1.82) is 0 Å². The number of likely N-dealkylation sites (tertiary alicyclic amines) is 1. The summed E-state index contributed by atoms with van der Waals surface area (Å²) in [5, 5.41) is 11.3. The van der Waals surface area contributed by atoms with Crippen LogP contribution < -0.4 is 5.32 Å². The molecule has 1 fully saturated rings. The van der Waals surface area contributed by atoms with Crippen molar-refractivity contribution in [1.82, 2.24) is 10.2 Å². The Morgan fingerprint density at radius 3 is 2.53 bits per heavy atom. The molecule has 17 heavy (non-hydrogen) atoms. The number of hydrogen-bond donors (Lipinski definition) is 2. The lowest BCUT2D eigenvalue weighted by atomic mass is 10.0. The summed E-state index contributed by atoms with van der Waals surface area (Å²) in [6.45, 7) is 5.63. The Kier molecular flexibility index (Phi) is 3.75. The summed E-state index contributed by atoms with van der Waals surface area (Å²) in [5.41, 5.74) is -1.31. The molecule has 1 rings (SSSR count). The van der Waals surface area contributed by atoms with Crippen molar-refractivity contribution >= 4 is 17.8 Å². The van der Waals surface area contributed by atoms with Gasteiger partial charge in [-0.3, -0.25) is 9.59 Å². The number of aliphatic carboxylic acids is 1. The first-order valence-electron chi connectivity index (χ1n) is 5.61. The average Bonchev–Trinajstić information content (AvgIpc) is 2.58. The van der Waals surface area contributed by atoms with Crippen molar-refractivity contribution in [2.75, 3.05) is 13.1 Å². The van der Waals surface area contributed by atoms with E-state index in [9.17, 15) is 14.4 Å². The molecule has 0 saturated carbocycles. The smallest absolute Gasteiger partial charge is 0.328 e. The molecule has 1 aliphatic heterocycles. The Morgan fingerprint density at radius 2 is 2.12 bits per heavy atom. The second-order valence-electron chi connectivity index (χ2n) is 4.75. The highest BCUT2D eigenvalue weighted by molar-refractivity contribution is 5.92. The number of nitrogens with one attached hydrogen (secondary N) is 1. The van der Waals surface area contributed by atoms with Gasteiger partial charge in [0.15, 0.2) is 0 Å². The number of hydrogen-bond acceptors (Lipinski definition) is 3. The molecule has 6 nitrogen and oxygen atoms in total. The fourth-order valence-corrected chi connectivity index (χ4v) is 1.72. The number of nitrogens with zero attached hydrogens (tertiary/aromatic N) is 1. The third kappa shape index (κ3) is 2.95. The Balaban J connectivity index is 2.62. The molecule has 2 amide bonds. The highest BCUT2D eigenvalue weighted by Crippen LogP contribution is 2.18. The molecule has 0 aromatic rings. The maximum Gasteiger partial charge on any atom is 0.328 e. The fourth-order valence-electron chi connectivity index (χ4n) is 1.72. The van der Waals surface area contributed by atoms with Crippen LogP contribution in [0.25, 0.3) is 0 Å². The summed E-state index contributed by atoms with van der Waals surface area (Å²) >= 11 is 0. The van der Waals surface area contributed by atoms with Gasteiger partial charge in [-0.2, -0.15) is 0 Å². The molecular weight excluding hydrogens is 224 g/mol. The molecule has 0 aliphatic carbocycles. The van der Waals surface area contributed by atoms with Gasteiger partial charge in [-0.25, -0.2) is 4.79 Å². The zero-order valence-electron chi connectivity index (χ0n) is 10.3. The first-order chi connectivity index (χ1) is 7.77. The number of carboxylic acids is 1. The predicted molar refractivity (Wildman–Crippen MR) is 60.2 cm³/mol. The second kappa shape index (κ2) is 4.73. The molecule has 1 heterocycles. The molecule has 0 aromatic carbocycles. The summed E-state index contributed by atoms with van der Waals surface area (Å²) in [5.74, 6) is -1.97. The zero-order valence-corrected chi connectivity index (χ0v) is 10.3. The number of carbonyl (C=O) groups is 3. The predicted octanol–water partition coefficient (Wildman–Crippen LogP) is -0.166. The summed E-state index contributed by atoms with van der Waals surface area (Å²) in [4.78, 5) is 35.7. The van der Waals surface area contributed by atoms with E-state index < -0.39 is 17.4 Å². The summed E-state index contributed by atoms with van der Waals surface area (Å²) in [7, 11) is 0. The molecule has 0 bridgehead atoms. The van der Waals surface area contributed by atoms with Crippen LogP contribution in [0.5, 0.6) is 0 Å². The maximum atomic E-state index is 11.8. The molecule has 0 radical (unpaired) electrons. The Morgan fingerprint density at radius 1 is 1.53 bits per heavy atom. The van der Waals surface area contributed by atoms with E-state index in [0.29, 0.717) is 13.1 Å². The lowest BCUT2D eigenvalue weighted by molar-refractivity contribution is -0.146. The van der Waals surface area contributed by atoms with Gasteiger partial charge in [-0.05, 0) is 20.8 Å². The lowest BCUT2D eigenvalue weighted by Gasteiger charge is -2.23. The topological polar surface area (TPSA) is 86.7 Å². The van der Waals surface area contributed by atoms with Crippen molar-refractivity contribution < 1.29 is 19.5 Å². The molecule has 1 aliphatic rings. The van der Waals surface area contributed by atoms with Crippen LogP contribution in [0.1, 0.15) is 27.2 Å². The van der Waals surface area contributed by atoms with Gasteiger partial charge < -0.3 is 15.3 Å². The van der Waals surface area contributed by atoms with E-state index in [4.69, 9.17) is 5.11 Å². The van der Waals surface area contributed by atoms with Crippen molar-refractivity contribution in [3.05, 3.63) is 0 Å². The molecular formula is C11H18N2O4. The van der Waals surface area contributed by atoms with Gasteiger partial charge in [0.25, 0.3) is 0 Å². The van der Waals surface area contributed by atoms with Crippen LogP contribution in [0.15, 0.2) is 0 Å². The molecule has 1 saturated heterocycles. The van der Waals surface area contributed by atoms with E-state index in [1.165, 1.54) is 13.8 Å². The first-order valence-corrected chi connectivity index (χ1v) is 5.61. The van der Waals surface area contributed by atoms with Crippen molar-refractivity contribution in [2.24, 2.45) is 5.92 Å². The van der Waals surface area contributed by atoms with Gasteiger partial charge in [0.1, 0.15) is 5.54 Å². The highest BCUT2D eigenvalue weighted by atomic mass is 16.4. The van der Waals surface area contributed by atoms with Crippen molar-refractivity contribution in [3.63, 3.8) is 0 Å². The third-order valence-corrected chi connectivity index (χ3v) is 2.94. The van der Waals surface area contributed by atoms with E-state index >= 15 is 0 Å². The van der Waals surface area contributed by atoms with Crippen LogP contribution in [-0.4, -0.2) is 46.4 Å². The van der Waals surface area contributed by atoms with Gasteiger partial charge in [-0.15, -0.1) is 0 Å². The van der Waals surface area contributed by atoms with E-state index in [2.05, 4.69) is 5.32 Å². The van der Waals surface area contributed by atoms with E-state index in [1.807, 2.05) is 6.92 Å². The number of carbonyl (C=O) groups excluding carboxylic acids is 2. The largest absolute Gasteiger partial charge is 0.480 e. The molecule has 0 aromatic heterocycles. The van der Waals surface area contributed by atoms with Gasteiger partial charge in [0, 0.05) is 19.5 Å². The van der Waals surface area contributed by atoms with Crippen LogP contribution >= 0.6 is 0 Å². The summed E-state index contributed by atoms with van der Waals surface area (Å²) in [6.07, 6.45) is 0.162. The summed E-state index contributed by atoms with van der Waals surface area (Å²) in [6, 6.07) is 0. The number of rotatable bonds is 4. The SMILES string of the molecule is CCN1CC(C(=O)NC(C)(C)C(=O)O)CC1=O. The summed E-state index contributed by atoms with van der Waals surface area (Å²) < 4.78 is 0. The minimum atomic E-state index is -1.31. The second-order valence-corrected chi connectivity index (χ2v) is 4.75. The molecule has 1 unspecified atom stereocenters. The molecule has 1 atom stereocenters. The normalized spacial score (nSPS) is 20.5. The van der Waals surface area contributed by atoms with Crippen LogP contribution in [-0.2, 0) is 14.4 Å². The quantitative estimate of drug-likeness (QED) is 0.717. The zero-order chi connectivity index (χ0) is 13.2. The van der Waals surface area contributed by atoms with Crippen molar-refractivity contribution in [2.45, 2.75) is 32.7 Å². The van der Waals surface area contributed by atoms with Crippen LogP contribution in [0.2, 0.25) is 0 Å². The van der Waals surface area contributed by atoms with Crippen LogP contribution in [0.3, 0.4) is 0 Å². The molecule has 2 N–H and O–H groups in total. The van der Waals surface area contributed by atoms with E-state index in [1.54, 1.807) is 4.90 Å². The fraction of sp³-hybridized carbons (Fsp3) is 0.727. The molecule has 96 valence electrons.